The Labute approximate surface area is 192 Å². The predicted octanol–water partition coefficient (Wildman–Crippen LogP) is 2.76. The van der Waals surface area contributed by atoms with Crippen LogP contribution in [0.25, 0.3) is 17.4 Å². The number of rotatable bonds is 6. The highest BCUT2D eigenvalue weighted by Gasteiger charge is 2.37. The summed E-state index contributed by atoms with van der Waals surface area (Å²) in [6.07, 6.45) is 1.40. The summed E-state index contributed by atoms with van der Waals surface area (Å²) in [6, 6.07) is 7.26. The lowest BCUT2D eigenvalue weighted by molar-refractivity contribution is -0.384. The molecule has 0 unspecified atom stereocenters. The van der Waals surface area contributed by atoms with Crippen LogP contribution in [0.4, 0.5) is 10.5 Å². The van der Waals surface area contributed by atoms with Gasteiger partial charge in [-0.15, -0.1) is 0 Å². The zero-order chi connectivity index (χ0) is 23.5. The van der Waals surface area contributed by atoms with E-state index in [-0.39, 0.29) is 28.8 Å². The molecule has 2 saturated heterocycles. The van der Waals surface area contributed by atoms with Gasteiger partial charge in [-0.1, -0.05) is 0 Å². The van der Waals surface area contributed by atoms with Crippen molar-refractivity contribution < 1.29 is 33.2 Å². The van der Waals surface area contributed by atoms with E-state index in [1.807, 2.05) is 0 Å². The fourth-order valence-corrected chi connectivity index (χ4v) is 4.21. The molecule has 0 aliphatic carbocycles. The lowest BCUT2D eigenvalue weighted by Gasteiger charge is -2.27. The average molecular weight is 473 g/mol. The Morgan fingerprint density at radius 1 is 1.24 bits per heavy atom. The van der Waals surface area contributed by atoms with Gasteiger partial charge in [0, 0.05) is 31.3 Å². The molecule has 3 amide bonds. The van der Waals surface area contributed by atoms with Crippen LogP contribution >= 0.6 is 11.8 Å². The number of carbonyl (C=O) groups excluding carboxylic acids is 3. The molecule has 0 bridgehead atoms. The Balaban J connectivity index is 1.52. The second-order valence-electron chi connectivity index (χ2n) is 7.10. The minimum absolute atomic E-state index is 0.113. The predicted molar refractivity (Wildman–Crippen MR) is 117 cm³/mol. The molecule has 172 valence electrons. The van der Waals surface area contributed by atoms with Gasteiger partial charge in [-0.25, -0.2) is 0 Å². The van der Waals surface area contributed by atoms with Crippen LogP contribution in [0.1, 0.15) is 5.76 Å². The number of non-ortho nitro benzene ring substituents is 1. The van der Waals surface area contributed by atoms with Crippen molar-refractivity contribution in [1.29, 1.82) is 0 Å². The van der Waals surface area contributed by atoms with Crippen molar-refractivity contribution in [2.75, 3.05) is 40.0 Å². The summed E-state index contributed by atoms with van der Waals surface area (Å²) in [4.78, 5) is 50.6. The van der Waals surface area contributed by atoms with Crippen molar-refractivity contribution in [3.05, 3.63) is 51.1 Å². The molecule has 0 N–H and O–H groups in total. The molecule has 2 aromatic rings. The number of carbonyl (C=O) groups is 3. The molecule has 1 aromatic heterocycles. The Kier molecular flexibility index (Phi) is 6.47. The highest BCUT2D eigenvalue weighted by molar-refractivity contribution is 8.18. The SMILES string of the molecule is COc1ccc([N+](=O)[O-])cc1-c1ccc(/C=C2/SC(=O)N(CC(=O)N3CCOCC3)C2=O)o1. The number of nitro benzene ring substituents is 1. The molecular weight excluding hydrogens is 454 g/mol. The second kappa shape index (κ2) is 9.46. The van der Waals surface area contributed by atoms with Crippen LogP contribution in [-0.2, 0) is 14.3 Å². The minimum atomic E-state index is -0.586. The molecule has 12 heteroatoms. The number of morpholine rings is 1. The molecule has 33 heavy (non-hydrogen) atoms. The van der Waals surface area contributed by atoms with Crippen LogP contribution in [0.15, 0.2) is 39.7 Å². The van der Waals surface area contributed by atoms with Crippen LogP contribution in [-0.4, -0.2) is 71.7 Å². The number of thioether (sulfide) groups is 1. The summed E-state index contributed by atoms with van der Waals surface area (Å²) in [7, 11) is 1.43. The third-order valence-corrected chi connectivity index (χ3v) is 6.00. The Bertz CT molecular complexity index is 1150. The van der Waals surface area contributed by atoms with Gasteiger partial charge < -0.3 is 18.8 Å². The van der Waals surface area contributed by atoms with E-state index in [4.69, 9.17) is 13.9 Å². The van der Waals surface area contributed by atoms with Gasteiger partial charge in [-0.05, 0) is 30.0 Å². The van der Waals surface area contributed by atoms with Gasteiger partial charge in [0.2, 0.25) is 5.91 Å². The number of nitro groups is 1. The number of nitrogens with zero attached hydrogens (tertiary/aromatic N) is 3. The van der Waals surface area contributed by atoms with Gasteiger partial charge in [0.1, 0.15) is 23.8 Å². The first-order chi connectivity index (χ1) is 15.9. The van der Waals surface area contributed by atoms with Gasteiger partial charge in [0.25, 0.3) is 16.8 Å². The lowest BCUT2D eigenvalue weighted by Crippen LogP contribution is -2.46. The number of furan rings is 1. The third-order valence-electron chi connectivity index (χ3n) is 5.09. The fourth-order valence-electron chi connectivity index (χ4n) is 3.39. The molecule has 11 nitrogen and oxygen atoms in total. The average Bonchev–Trinajstić information content (AvgIpc) is 3.39. The quantitative estimate of drug-likeness (QED) is 0.353. The molecular formula is C21H19N3O8S. The minimum Gasteiger partial charge on any atom is -0.496 e. The number of imide groups is 1. The van der Waals surface area contributed by atoms with Crippen molar-refractivity contribution in [2.45, 2.75) is 0 Å². The first kappa shape index (κ1) is 22.6. The van der Waals surface area contributed by atoms with E-state index >= 15 is 0 Å². The van der Waals surface area contributed by atoms with Crippen molar-refractivity contribution in [2.24, 2.45) is 0 Å². The van der Waals surface area contributed by atoms with Crippen LogP contribution in [0.3, 0.4) is 0 Å². The second-order valence-corrected chi connectivity index (χ2v) is 8.10. The largest absolute Gasteiger partial charge is 0.496 e. The topological polar surface area (TPSA) is 132 Å². The summed E-state index contributed by atoms with van der Waals surface area (Å²) >= 11 is 0.713. The van der Waals surface area contributed by atoms with E-state index in [0.29, 0.717) is 55.1 Å². The maximum Gasteiger partial charge on any atom is 0.294 e. The van der Waals surface area contributed by atoms with Gasteiger partial charge in [0.15, 0.2) is 0 Å². The standard InChI is InChI=1S/C21H19N3O8S/c1-30-16-4-2-13(24(28)29)10-15(16)17-5-3-14(32-17)11-18-20(26)23(21(27)33-18)12-19(25)22-6-8-31-9-7-22/h2-5,10-11H,6-9,12H2,1H3/b18-11+. The molecule has 0 spiro atoms. The number of methoxy groups -OCH3 is 1. The van der Waals surface area contributed by atoms with Gasteiger partial charge >= 0.3 is 0 Å². The highest BCUT2D eigenvalue weighted by atomic mass is 32.2. The van der Waals surface area contributed by atoms with E-state index in [1.54, 1.807) is 17.0 Å². The summed E-state index contributed by atoms with van der Waals surface area (Å²) in [5.74, 6) is 0.0351. The number of hydrogen-bond donors (Lipinski definition) is 0. The molecule has 0 atom stereocenters. The number of benzene rings is 1. The lowest BCUT2D eigenvalue weighted by atomic mass is 10.1. The van der Waals surface area contributed by atoms with E-state index in [9.17, 15) is 24.5 Å². The maximum absolute atomic E-state index is 12.7. The molecule has 1 aromatic carbocycles. The van der Waals surface area contributed by atoms with Gasteiger partial charge in [-0.3, -0.25) is 29.4 Å². The molecule has 2 aliphatic heterocycles. The normalized spacial score (nSPS) is 17.7. The van der Waals surface area contributed by atoms with Crippen molar-refractivity contribution in [3.8, 4) is 17.1 Å². The monoisotopic (exact) mass is 473 g/mol. The fraction of sp³-hybridized carbons (Fsp3) is 0.286. The summed E-state index contributed by atoms with van der Waals surface area (Å²) in [5, 5.41) is 10.6. The third kappa shape index (κ3) is 4.76. The summed E-state index contributed by atoms with van der Waals surface area (Å²) < 4.78 is 16.2. The van der Waals surface area contributed by atoms with E-state index in [1.165, 1.54) is 31.4 Å². The Hall–Kier alpha value is -3.64. The van der Waals surface area contributed by atoms with Crippen LogP contribution in [0.2, 0.25) is 0 Å². The number of ether oxygens (including phenoxy) is 2. The molecule has 3 heterocycles. The van der Waals surface area contributed by atoms with E-state index < -0.39 is 16.1 Å². The van der Waals surface area contributed by atoms with Crippen LogP contribution in [0, 0.1) is 10.1 Å². The molecule has 0 radical (unpaired) electrons. The summed E-state index contributed by atoms with van der Waals surface area (Å²) in [6.45, 7) is 1.34. The smallest absolute Gasteiger partial charge is 0.294 e. The highest BCUT2D eigenvalue weighted by Crippen LogP contribution is 2.36. The van der Waals surface area contributed by atoms with Crippen LogP contribution < -0.4 is 4.74 Å². The first-order valence-electron chi connectivity index (χ1n) is 9.91. The molecule has 0 saturated carbocycles. The van der Waals surface area contributed by atoms with Crippen molar-refractivity contribution >= 4 is 40.6 Å². The van der Waals surface area contributed by atoms with Crippen molar-refractivity contribution in [1.82, 2.24) is 9.80 Å². The Morgan fingerprint density at radius 2 is 2.00 bits per heavy atom. The van der Waals surface area contributed by atoms with E-state index in [0.717, 1.165) is 4.90 Å². The van der Waals surface area contributed by atoms with Gasteiger partial charge in [-0.2, -0.15) is 0 Å². The van der Waals surface area contributed by atoms with Gasteiger partial charge in [0.05, 0.1) is 35.7 Å². The van der Waals surface area contributed by atoms with E-state index in [2.05, 4.69) is 0 Å². The Morgan fingerprint density at radius 3 is 2.70 bits per heavy atom. The van der Waals surface area contributed by atoms with Crippen LogP contribution in [0.5, 0.6) is 5.75 Å². The van der Waals surface area contributed by atoms with Crippen molar-refractivity contribution in [3.63, 3.8) is 0 Å². The first-order valence-corrected chi connectivity index (χ1v) is 10.7. The maximum atomic E-state index is 12.7. The molecule has 2 aliphatic rings. The molecule has 2 fully saturated rings. The number of hydrogen-bond acceptors (Lipinski definition) is 9. The zero-order valence-electron chi connectivity index (χ0n) is 17.5. The zero-order valence-corrected chi connectivity index (χ0v) is 18.3. The summed E-state index contributed by atoms with van der Waals surface area (Å²) in [5.41, 5.74) is 0.241. The molecule has 4 rings (SSSR count). The number of amides is 3.